The highest BCUT2D eigenvalue weighted by molar-refractivity contribution is 5.27. The van der Waals surface area contributed by atoms with Crippen molar-refractivity contribution in [2.45, 2.75) is 150 Å². The van der Waals surface area contributed by atoms with Gasteiger partial charge in [-0.15, -0.1) is 12.3 Å². The van der Waals surface area contributed by atoms with Crippen molar-refractivity contribution in [3.8, 4) is 12.3 Å². The molecule has 256 valence electrons. The molecule has 3 nitrogen and oxygen atoms in total. The van der Waals surface area contributed by atoms with Crippen molar-refractivity contribution in [1.82, 2.24) is 15.4 Å². The minimum absolute atomic E-state index is 0.432. The molecular formula is C44H65N3. The Labute approximate surface area is 287 Å². The predicted octanol–water partition coefficient (Wildman–Crippen LogP) is 11.3. The summed E-state index contributed by atoms with van der Waals surface area (Å²) in [6, 6.07) is 0. The van der Waals surface area contributed by atoms with Crippen molar-refractivity contribution >= 4 is 0 Å². The monoisotopic (exact) mass is 636 g/mol. The average molecular weight is 636 g/mol. The molecule has 8 aliphatic carbocycles. The van der Waals surface area contributed by atoms with E-state index in [9.17, 15) is 0 Å². The van der Waals surface area contributed by atoms with Crippen LogP contribution in [0.5, 0.6) is 0 Å². The van der Waals surface area contributed by atoms with E-state index in [4.69, 9.17) is 6.42 Å². The molecule has 0 amide bonds. The van der Waals surface area contributed by atoms with E-state index in [2.05, 4.69) is 75.0 Å². The Hall–Kier alpha value is -1.82. The summed E-state index contributed by atoms with van der Waals surface area (Å²) in [4.78, 5) is 0. The lowest BCUT2D eigenvalue weighted by molar-refractivity contribution is -0.0364. The van der Waals surface area contributed by atoms with Crippen LogP contribution in [0.15, 0.2) is 29.5 Å². The first-order valence-electron chi connectivity index (χ1n) is 20.2. The van der Waals surface area contributed by atoms with E-state index < -0.39 is 0 Å². The zero-order chi connectivity index (χ0) is 32.8. The first kappa shape index (κ1) is 32.4. The van der Waals surface area contributed by atoms with Gasteiger partial charge in [-0.05, 0) is 172 Å². The topological polar surface area (TPSA) is 41.6 Å². The van der Waals surface area contributed by atoms with E-state index >= 15 is 0 Å². The lowest BCUT2D eigenvalue weighted by Gasteiger charge is -2.58. The molecule has 0 bridgehead atoms. The lowest BCUT2D eigenvalue weighted by Crippen LogP contribution is -2.49. The molecule has 0 aliphatic heterocycles. The molecule has 8 aliphatic rings. The van der Waals surface area contributed by atoms with Gasteiger partial charge in [-0.25, -0.2) is 0 Å². The quantitative estimate of drug-likeness (QED) is 0.246. The first-order chi connectivity index (χ1) is 22.5. The van der Waals surface area contributed by atoms with Crippen LogP contribution < -0.4 is 0 Å². The SMILES string of the molecule is C#C[C@H]1CCC2C3CC=C4C[C@@H](C)CC[C@]4(C)C3CC[C@@]21C.C[C@H]1CC[C@@]2(C)C(=CCC3C2CC[C@@]2(C)C3CC[C@@H]2c2cn[nH]n2)C1. The standard InChI is InChI=1S/C22H33N3.C22H32/c1-14-8-10-21(2)15(12-14)4-5-16-17-6-7-19(20-13-23-25-24-20)22(17,3)11-9-18(16)21;1-5-16-7-9-19-18-8-6-17-14-15(2)10-12-22(17,4)20(18)11-13-21(16,19)3/h4,13-14,16-19H,5-12H2,1-3H3,(H,23,24,25);1,6,15-16,18-20H,7-14H2,2-4H3/t14-,16?,17?,18?,19+,21-,22-;15-,16-,18?,19?,20?,21+,22-/m00/s1. The van der Waals surface area contributed by atoms with Crippen molar-refractivity contribution < 1.29 is 0 Å². The molecule has 6 unspecified atom stereocenters. The van der Waals surface area contributed by atoms with Gasteiger partial charge in [0.1, 0.15) is 0 Å². The fraction of sp³-hybridized carbons (Fsp3) is 0.818. The number of nitrogens with zero attached hydrogens (tertiary/aromatic N) is 2. The second kappa shape index (κ2) is 11.6. The summed E-state index contributed by atoms with van der Waals surface area (Å²) < 4.78 is 0. The molecule has 6 saturated carbocycles. The fourth-order valence-corrected chi connectivity index (χ4v) is 14.8. The van der Waals surface area contributed by atoms with Crippen LogP contribution in [0.3, 0.4) is 0 Å². The largest absolute Gasteiger partial charge is 0.198 e. The zero-order valence-electron chi connectivity index (χ0n) is 30.8. The molecule has 47 heavy (non-hydrogen) atoms. The summed E-state index contributed by atoms with van der Waals surface area (Å²) in [5, 5.41) is 11.4. The Balaban J connectivity index is 0.000000139. The maximum absolute atomic E-state index is 5.88. The zero-order valence-corrected chi connectivity index (χ0v) is 30.8. The number of aromatic amines is 1. The van der Waals surface area contributed by atoms with Gasteiger partial charge in [-0.3, -0.25) is 0 Å². The van der Waals surface area contributed by atoms with Gasteiger partial charge < -0.3 is 0 Å². The second-order valence-corrected chi connectivity index (χ2v) is 19.6. The van der Waals surface area contributed by atoms with Gasteiger partial charge in [-0.2, -0.15) is 15.4 Å². The summed E-state index contributed by atoms with van der Waals surface area (Å²) >= 11 is 0. The molecule has 1 heterocycles. The highest BCUT2D eigenvalue weighted by atomic mass is 15.3. The molecule has 1 N–H and O–H groups in total. The van der Waals surface area contributed by atoms with Crippen LogP contribution in [0.1, 0.15) is 156 Å². The minimum atomic E-state index is 0.432. The van der Waals surface area contributed by atoms with Gasteiger partial charge in [-0.1, -0.05) is 64.8 Å². The van der Waals surface area contributed by atoms with Crippen LogP contribution in [0.4, 0.5) is 0 Å². The normalized spacial score (nSPS) is 51.3. The molecule has 1 aromatic heterocycles. The summed E-state index contributed by atoms with van der Waals surface area (Å²) in [6.45, 7) is 15.2. The number of fused-ring (bicyclic) bond motifs is 10. The van der Waals surface area contributed by atoms with Crippen molar-refractivity contribution in [2.75, 3.05) is 0 Å². The van der Waals surface area contributed by atoms with Gasteiger partial charge in [0.2, 0.25) is 0 Å². The number of nitrogens with one attached hydrogen (secondary N) is 1. The Morgan fingerprint density at radius 3 is 1.79 bits per heavy atom. The van der Waals surface area contributed by atoms with Gasteiger partial charge in [0.05, 0.1) is 11.9 Å². The number of terminal acetylenes is 1. The summed E-state index contributed by atoms with van der Waals surface area (Å²) in [5.41, 5.74) is 6.76. The average Bonchev–Trinajstić information content (AvgIpc) is 3.79. The molecule has 3 heteroatoms. The highest BCUT2D eigenvalue weighted by Gasteiger charge is 2.60. The molecule has 0 aromatic carbocycles. The van der Waals surface area contributed by atoms with E-state index in [1.54, 1.807) is 0 Å². The molecule has 9 rings (SSSR count). The number of H-pyrrole nitrogens is 1. The van der Waals surface area contributed by atoms with E-state index in [0.29, 0.717) is 33.5 Å². The number of aromatic nitrogens is 3. The van der Waals surface area contributed by atoms with Crippen molar-refractivity contribution in [2.24, 2.45) is 74.9 Å². The van der Waals surface area contributed by atoms with Crippen LogP contribution in [0, 0.1) is 87.3 Å². The number of allylic oxidation sites excluding steroid dienone is 4. The smallest absolute Gasteiger partial charge is 0.0861 e. The molecule has 0 spiro atoms. The van der Waals surface area contributed by atoms with E-state index in [1.165, 1.54) is 108 Å². The van der Waals surface area contributed by atoms with Crippen LogP contribution in [-0.4, -0.2) is 15.4 Å². The predicted molar refractivity (Wildman–Crippen MR) is 193 cm³/mol. The maximum atomic E-state index is 5.88. The third-order valence-electron chi connectivity index (χ3n) is 17.7. The van der Waals surface area contributed by atoms with Gasteiger partial charge in [0.15, 0.2) is 0 Å². The third kappa shape index (κ3) is 4.86. The fourth-order valence-electron chi connectivity index (χ4n) is 14.8. The Bertz CT molecular complexity index is 1430. The lowest BCUT2D eigenvalue weighted by atomic mass is 9.47. The number of rotatable bonds is 1. The maximum Gasteiger partial charge on any atom is 0.0861 e. The molecule has 14 atom stereocenters. The summed E-state index contributed by atoms with van der Waals surface area (Å²) in [6.07, 6.45) is 35.4. The molecule has 0 saturated heterocycles. The Kier molecular flexibility index (Phi) is 8.01. The van der Waals surface area contributed by atoms with Crippen LogP contribution >= 0.6 is 0 Å². The van der Waals surface area contributed by atoms with Crippen molar-refractivity contribution in [1.29, 1.82) is 0 Å². The Morgan fingerprint density at radius 2 is 1.23 bits per heavy atom. The summed E-state index contributed by atoms with van der Waals surface area (Å²) in [7, 11) is 0. The molecular weight excluding hydrogens is 571 g/mol. The van der Waals surface area contributed by atoms with Crippen LogP contribution in [-0.2, 0) is 0 Å². The molecule has 6 fully saturated rings. The first-order valence-corrected chi connectivity index (χ1v) is 20.2. The van der Waals surface area contributed by atoms with Gasteiger partial charge >= 0.3 is 0 Å². The Morgan fingerprint density at radius 1 is 0.681 bits per heavy atom. The number of hydrogen-bond acceptors (Lipinski definition) is 2. The molecule has 1 aromatic rings. The van der Waals surface area contributed by atoms with Crippen LogP contribution in [0.2, 0.25) is 0 Å². The van der Waals surface area contributed by atoms with Crippen molar-refractivity contribution in [3.63, 3.8) is 0 Å². The van der Waals surface area contributed by atoms with Gasteiger partial charge in [0.25, 0.3) is 0 Å². The summed E-state index contributed by atoms with van der Waals surface area (Å²) in [5.74, 6) is 11.6. The van der Waals surface area contributed by atoms with E-state index in [-0.39, 0.29) is 0 Å². The minimum Gasteiger partial charge on any atom is -0.198 e. The third-order valence-corrected chi connectivity index (χ3v) is 17.7. The second-order valence-electron chi connectivity index (χ2n) is 19.6. The van der Waals surface area contributed by atoms with Crippen molar-refractivity contribution in [3.05, 3.63) is 35.2 Å². The number of hydrogen-bond donors (Lipinski definition) is 1. The van der Waals surface area contributed by atoms with Crippen LogP contribution in [0.25, 0.3) is 0 Å². The highest BCUT2D eigenvalue weighted by Crippen LogP contribution is 2.69. The molecule has 0 radical (unpaired) electrons. The van der Waals surface area contributed by atoms with E-state index in [0.717, 1.165) is 47.3 Å². The van der Waals surface area contributed by atoms with Gasteiger partial charge in [0, 0.05) is 11.8 Å². The van der Waals surface area contributed by atoms with E-state index in [1.807, 2.05) is 17.3 Å².